The molecule has 170 valence electrons. The molecule has 1 atom stereocenters. The van der Waals surface area contributed by atoms with E-state index in [1.165, 1.54) is 92.4 Å². The summed E-state index contributed by atoms with van der Waals surface area (Å²) in [6, 6.07) is 13.9. The summed E-state index contributed by atoms with van der Waals surface area (Å²) in [5.41, 5.74) is 8.92. The second kappa shape index (κ2) is 7.65. The average molecular weight is 448 g/mol. The van der Waals surface area contributed by atoms with Crippen molar-refractivity contribution in [1.29, 1.82) is 0 Å². The molecule has 4 heteroatoms. The van der Waals surface area contributed by atoms with Gasteiger partial charge in [0.1, 0.15) is 0 Å². The van der Waals surface area contributed by atoms with Gasteiger partial charge in [-0.3, -0.25) is 0 Å². The first-order valence-corrected chi connectivity index (χ1v) is 13.9. The quantitative estimate of drug-likeness (QED) is 0.577. The lowest BCUT2D eigenvalue weighted by Crippen LogP contribution is -2.58. The van der Waals surface area contributed by atoms with Gasteiger partial charge in [-0.15, -0.1) is 0 Å². The Morgan fingerprint density at radius 1 is 0.938 bits per heavy atom. The van der Waals surface area contributed by atoms with E-state index >= 15 is 0 Å². The summed E-state index contributed by atoms with van der Waals surface area (Å²) in [4.78, 5) is 4.14. The highest BCUT2D eigenvalue weighted by molar-refractivity contribution is 8.01. The lowest BCUT2D eigenvalue weighted by molar-refractivity contribution is -0.0724. The molecule has 2 aromatic rings. The standard InChI is InChI=1S/C28H37N3S/c29-26(28-14-20-11-21(15-28)13-22(12-20)16-28)18-30-9-7-19(8-10-30)17-31-24-5-1-3-23-4-2-6-25(32-31)27(23)24/h1-6,19-22,26H,7-18,29H2. The smallest absolute Gasteiger partial charge is 0.0563 e. The van der Waals surface area contributed by atoms with E-state index in [2.05, 4.69) is 45.6 Å². The lowest BCUT2D eigenvalue weighted by atomic mass is 9.48. The summed E-state index contributed by atoms with van der Waals surface area (Å²) in [5.74, 6) is 3.80. The van der Waals surface area contributed by atoms with Crippen LogP contribution in [0, 0.1) is 29.1 Å². The highest BCUT2D eigenvalue weighted by Gasteiger charge is 2.53. The van der Waals surface area contributed by atoms with Crippen molar-refractivity contribution in [3.05, 3.63) is 36.4 Å². The summed E-state index contributed by atoms with van der Waals surface area (Å²) in [7, 11) is 0. The zero-order valence-electron chi connectivity index (χ0n) is 19.2. The molecule has 2 N–H and O–H groups in total. The number of piperidine rings is 1. The molecule has 1 unspecified atom stereocenters. The zero-order chi connectivity index (χ0) is 21.3. The molecule has 0 spiro atoms. The van der Waals surface area contributed by atoms with Crippen LogP contribution in [0.15, 0.2) is 41.3 Å². The van der Waals surface area contributed by atoms with Crippen molar-refractivity contribution >= 4 is 28.4 Å². The number of anilines is 1. The first-order chi connectivity index (χ1) is 15.6. The van der Waals surface area contributed by atoms with Crippen molar-refractivity contribution in [2.24, 2.45) is 34.8 Å². The fourth-order valence-electron chi connectivity index (χ4n) is 8.56. The van der Waals surface area contributed by atoms with Gasteiger partial charge in [0, 0.05) is 29.4 Å². The van der Waals surface area contributed by atoms with Gasteiger partial charge in [0.25, 0.3) is 0 Å². The lowest BCUT2D eigenvalue weighted by Gasteiger charge is -2.59. The molecular formula is C28H37N3S. The normalized spacial score (nSPS) is 35.2. The minimum atomic E-state index is 0.397. The van der Waals surface area contributed by atoms with E-state index in [0.717, 1.165) is 30.2 Å². The summed E-state index contributed by atoms with van der Waals surface area (Å²) in [6.45, 7) is 4.79. The molecular weight excluding hydrogens is 410 g/mol. The Bertz CT molecular complexity index is 970. The van der Waals surface area contributed by atoms with Crippen LogP contribution < -0.4 is 10.0 Å². The molecule has 6 aliphatic rings. The number of hydrogen-bond acceptors (Lipinski definition) is 4. The molecule has 2 heterocycles. The molecule has 0 amide bonds. The molecule has 0 radical (unpaired) electrons. The van der Waals surface area contributed by atoms with E-state index in [9.17, 15) is 0 Å². The van der Waals surface area contributed by atoms with E-state index in [-0.39, 0.29) is 0 Å². The maximum absolute atomic E-state index is 7.01. The van der Waals surface area contributed by atoms with Crippen molar-refractivity contribution in [1.82, 2.24) is 4.90 Å². The SMILES string of the molecule is NC(CN1CCC(CN2Sc3cccc4cccc2c34)CC1)C12CC3CC(CC(C3)C1)C2. The van der Waals surface area contributed by atoms with Gasteiger partial charge in [-0.1, -0.05) is 24.3 Å². The molecule has 2 aromatic carbocycles. The molecule has 32 heavy (non-hydrogen) atoms. The van der Waals surface area contributed by atoms with Gasteiger partial charge in [0.2, 0.25) is 0 Å². The number of benzene rings is 2. The Kier molecular flexibility index (Phi) is 4.82. The first kappa shape index (κ1) is 20.2. The van der Waals surface area contributed by atoms with Crippen LogP contribution in [0.5, 0.6) is 0 Å². The summed E-state index contributed by atoms with van der Waals surface area (Å²) in [6.07, 6.45) is 11.5. The van der Waals surface area contributed by atoms with Crippen LogP contribution >= 0.6 is 11.9 Å². The van der Waals surface area contributed by atoms with E-state index in [0.29, 0.717) is 11.5 Å². The Balaban J connectivity index is 0.965. The Morgan fingerprint density at radius 3 is 2.28 bits per heavy atom. The van der Waals surface area contributed by atoms with Crippen LogP contribution in [0.3, 0.4) is 0 Å². The monoisotopic (exact) mass is 447 g/mol. The predicted octanol–water partition coefficient (Wildman–Crippen LogP) is 5.92. The van der Waals surface area contributed by atoms with Crippen LogP contribution in [-0.2, 0) is 0 Å². The molecule has 2 aliphatic heterocycles. The Labute approximate surface area is 197 Å². The predicted molar refractivity (Wildman–Crippen MR) is 135 cm³/mol. The molecule has 4 aliphatic carbocycles. The van der Waals surface area contributed by atoms with Crippen molar-refractivity contribution in [3.63, 3.8) is 0 Å². The fourth-order valence-corrected chi connectivity index (χ4v) is 9.79. The Morgan fingerprint density at radius 2 is 1.59 bits per heavy atom. The first-order valence-electron chi connectivity index (χ1n) is 13.1. The molecule has 8 rings (SSSR count). The molecule has 3 nitrogen and oxygen atoms in total. The van der Waals surface area contributed by atoms with Crippen LogP contribution in [0.25, 0.3) is 10.8 Å². The largest absolute Gasteiger partial charge is 0.326 e. The molecule has 0 aromatic heterocycles. The van der Waals surface area contributed by atoms with E-state index in [4.69, 9.17) is 5.73 Å². The number of rotatable bonds is 5. The van der Waals surface area contributed by atoms with Crippen molar-refractivity contribution in [3.8, 4) is 0 Å². The van der Waals surface area contributed by atoms with Crippen LogP contribution in [-0.4, -0.2) is 37.1 Å². The van der Waals surface area contributed by atoms with Gasteiger partial charge in [-0.2, -0.15) is 0 Å². The van der Waals surface area contributed by atoms with Gasteiger partial charge in [-0.05, 0) is 123 Å². The number of nitrogens with two attached hydrogens (primary N) is 1. The molecule has 1 saturated heterocycles. The minimum absolute atomic E-state index is 0.397. The van der Waals surface area contributed by atoms with Gasteiger partial charge in [0.15, 0.2) is 0 Å². The second-order valence-electron chi connectivity index (χ2n) is 11.9. The topological polar surface area (TPSA) is 32.5 Å². The van der Waals surface area contributed by atoms with Gasteiger partial charge in [0.05, 0.1) is 5.69 Å². The summed E-state index contributed by atoms with van der Waals surface area (Å²) in [5, 5.41) is 2.84. The number of hydrogen-bond donors (Lipinski definition) is 1. The third-order valence-electron chi connectivity index (χ3n) is 9.78. The van der Waals surface area contributed by atoms with Crippen LogP contribution in [0.1, 0.15) is 51.4 Å². The number of likely N-dealkylation sites (tertiary alicyclic amines) is 1. The van der Waals surface area contributed by atoms with Gasteiger partial charge >= 0.3 is 0 Å². The van der Waals surface area contributed by atoms with Crippen LogP contribution in [0.2, 0.25) is 0 Å². The van der Waals surface area contributed by atoms with Crippen molar-refractivity contribution < 1.29 is 0 Å². The van der Waals surface area contributed by atoms with Crippen molar-refractivity contribution in [2.45, 2.75) is 62.3 Å². The third-order valence-corrected chi connectivity index (χ3v) is 10.9. The number of nitrogens with zero attached hydrogens (tertiary/aromatic N) is 2. The maximum Gasteiger partial charge on any atom is 0.0563 e. The second-order valence-corrected chi connectivity index (χ2v) is 13.0. The summed E-state index contributed by atoms with van der Waals surface area (Å²) >= 11 is 1.95. The highest BCUT2D eigenvalue weighted by Crippen LogP contribution is 2.61. The fraction of sp³-hybridized carbons (Fsp3) is 0.643. The van der Waals surface area contributed by atoms with Gasteiger partial charge in [-0.25, -0.2) is 0 Å². The molecule has 5 fully saturated rings. The highest BCUT2D eigenvalue weighted by atomic mass is 32.2. The van der Waals surface area contributed by atoms with E-state index in [1.54, 1.807) is 0 Å². The Hall–Kier alpha value is -1.23. The van der Waals surface area contributed by atoms with E-state index < -0.39 is 0 Å². The van der Waals surface area contributed by atoms with E-state index in [1.807, 2.05) is 11.9 Å². The zero-order valence-corrected chi connectivity index (χ0v) is 20.0. The average Bonchev–Trinajstić information content (AvgIpc) is 3.13. The minimum Gasteiger partial charge on any atom is -0.326 e. The maximum atomic E-state index is 7.01. The molecule has 4 saturated carbocycles. The summed E-state index contributed by atoms with van der Waals surface area (Å²) < 4.78 is 2.57. The third kappa shape index (κ3) is 3.32. The van der Waals surface area contributed by atoms with Gasteiger partial charge < -0.3 is 14.9 Å². The van der Waals surface area contributed by atoms with Crippen molar-refractivity contribution in [2.75, 3.05) is 30.5 Å². The van der Waals surface area contributed by atoms with Crippen LogP contribution in [0.4, 0.5) is 5.69 Å². The molecule has 4 bridgehead atoms.